The topological polar surface area (TPSA) is 73.1 Å². The van der Waals surface area contributed by atoms with E-state index < -0.39 is 0 Å². The Labute approximate surface area is 128 Å². The van der Waals surface area contributed by atoms with Gasteiger partial charge in [0, 0.05) is 11.6 Å². The summed E-state index contributed by atoms with van der Waals surface area (Å²) in [5.74, 6) is 2.21. The highest BCUT2D eigenvalue weighted by molar-refractivity contribution is 5.96. The summed E-state index contributed by atoms with van der Waals surface area (Å²) in [6.07, 6.45) is 1.51. The van der Waals surface area contributed by atoms with Crippen LogP contribution in [0.25, 0.3) is 0 Å². The molecule has 0 aliphatic carbocycles. The van der Waals surface area contributed by atoms with Gasteiger partial charge in [0.15, 0.2) is 0 Å². The van der Waals surface area contributed by atoms with E-state index in [0.29, 0.717) is 28.6 Å². The maximum Gasteiger partial charge on any atom is 0.274 e. The molecule has 0 saturated heterocycles. The third kappa shape index (κ3) is 3.46. The van der Waals surface area contributed by atoms with Crippen LogP contribution in [-0.2, 0) is 0 Å². The van der Waals surface area contributed by atoms with Gasteiger partial charge in [-0.05, 0) is 32.0 Å². The summed E-state index contributed by atoms with van der Waals surface area (Å²) in [4.78, 5) is 12.0. The van der Waals surface area contributed by atoms with Crippen LogP contribution in [0.4, 0.5) is 0 Å². The lowest BCUT2D eigenvalue weighted by Crippen LogP contribution is -2.17. The van der Waals surface area contributed by atoms with Gasteiger partial charge >= 0.3 is 0 Å². The Balaban J connectivity index is 2.09. The van der Waals surface area contributed by atoms with Gasteiger partial charge in [0.25, 0.3) is 5.91 Å². The summed E-state index contributed by atoms with van der Waals surface area (Å²) in [5.41, 5.74) is 3.66. The summed E-state index contributed by atoms with van der Waals surface area (Å²) < 4.78 is 15.7. The largest absolute Gasteiger partial charge is 0.497 e. The summed E-state index contributed by atoms with van der Waals surface area (Å²) in [5, 5.41) is 3.95. The lowest BCUT2D eigenvalue weighted by Gasteiger charge is -2.06. The fraction of sp³-hybridized carbons (Fsp3) is 0.250. The minimum absolute atomic E-state index is 0.321. The van der Waals surface area contributed by atoms with Crippen LogP contribution >= 0.6 is 0 Å². The highest BCUT2D eigenvalue weighted by Gasteiger charge is 2.12. The standard InChI is InChI=1S/C16H18N2O4/c1-10-7-14(11(2)22-10)16(19)18-17-9-12-5-6-13(20-3)8-15(12)21-4/h5-9H,1-4H3,(H,18,19)/b17-9-. The lowest BCUT2D eigenvalue weighted by atomic mass is 10.2. The average Bonchev–Trinajstić information content (AvgIpc) is 2.86. The van der Waals surface area contributed by atoms with Crippen molar-refractivity contribution in [1.29, 1.82) is 0 Å². The van der Waals surface area contributed by atoms with Crippen molar-refractivity contribution in [2.24, 2.45) is 5.10 Å². The number of nitrogens with one attached hydrogen (secondary N) is 1. The van der Waals surface area contributed by atoms with Gasteiger partial charge in [-0.15, -0.1) is 0 Å². The Morgan fingerprint density at radius 3 is 2.59 bits per heavy atom. The van der Waals surface area contributed by atoms with Crippen LogP contribution in [0.3, 0.4) is 0 Å². The molecule has 6 heteroatoms. The number of aryl methyl sites for hydroxylation is 2. The van der Waals surface area contributed by atoms with Gasteiger partial charge in [-0.25, -0.2) is 5.43 Å². The highest BCUT2D eigenvalue weighted by Crippen LogP contribution is 2.23. The molecule has 6 nitrogen and oxygen atoms in total. The molecule has 116 valence electrons. The first-order valence-electron chi connectivity index (χ1n) is 6.67. The zero-order valence-corrected chi connectivity index (χ0v) is 13.0. The zero-order valence-electron chi connectivity index (χ0n) is 13.0. The van der Waals surface area contributed by atoms with Gasteiger partial charge in [0.1, 0.15) is 23.0 Å². The Morgan fingerprint density at radius 1 is 1.23 bits per heavy atom. The van der Waals surface area contributed by atoms with E-state index in [1.807, 2.05) is 0 Å². The SMILES string of the molecule is COc1ccc(/C=N\NC(=O)c2cc(C)oc2C)c(OC)c1. The van der Waals surface area contributed by atoms with Crippen molar-refractivity contribution in [1.82, 2.24) is 5.43 Å². The van der Waals surface area contributed by atoms with Crippen molar-refractivity contribution in [3.05, 3.63) is 46.9 Å². The van der Waals surface area contributed by atoms with Crippen LogP contribution in [-0.4, -0.2) is 26.3 Å². The fourth-order valence-electron chi connectivity index (χ4n) is 2.00. The molecule has 1 aromatic carbocycles. The van der Waals surface area contributed by atoms with E-state index in [-0.39, 0.29) is 5.91 Å². The minimum atomic E-state index is -0.321. The maximum absolute atomic E-state index is 12.0. The molecule has 1 amide bonds. The van der Waals surface area contributed by atoms with Crippen LogP contribution in [0.1, 0.15) is 27.4 Å². The monoisotopic (exact) mass is 302 g/mol. The minimum Gasteiger partial charge on any atom is -0.497 e. The summed E-state index contributed by atoms with van der Waals surface area (Å²) in [6, 6.07) is 7.00. The van der Waals surface area contributed by atoms with Crippen LogP contribution in [0.5, 0.6) is 11.5 Å². The molecule has 0 saturated carbocycles. The summed E-state index contributed by atoms with van der Waals surface area (Å²) in [7, 11) is 3.14. The number of furan rings is 1. The number of hydrazone groups is 1. The number of carbonyl (C=O) groups excluding carboxylic acids is 1. The average molecular weight is 302 g/mol. The maximum atomic E-state index is 12.0. The molecule has 0 atom stereocenters. The molecule has 1 heterocycles. The number of carbonyl (C=O) groups is 1. The van der Waals surface area contributed by atoms with E-state index in [1.165, 1.54) is 6.21 Å². The normalized spacial score (nSPS) is 10.7. The molecule has 0 radical (unpaired) electrons. The van der Waals surface area contributed by atoms with Gasteiger partial charge < -0.3 is 13.9 Å². The molecule has 22 heavy (non-hydrogen) atoms. The second-order valence-electron chi connectivity index (χ2n) is 4.63. The molecule has 0 unspecified atom stereocenters. The summed E-state index contributed by atoms with van der Waals surface area (Å²) in [6.45, 7) is 3.52. The molecule has 0 bridgehead atoms. The van der Waals surface area contributed by atoms with E-state index in [9.17, 15) is 4.79 Å². The van der Waals surface area contributed by atoms with Gasteiger partial charge in [-0.3, -0.25) is 4.79 Å². The molecule has 0 fully saturated rings. The second kappa shape index (κ2) is 6.80. The van der Waals surface area contributed by atoms with Crippen molar-refractivity contribution in [3.8, 4) is 11.5 Å². The van der Waals surface area contributed by atoms with Crippen LogP contribution in [0, 0.1) is 13.8 Å². The van der Waals surface area contributed by atoms with Crippen LogP contribution < -0.4 is 14.9 Å². The van der Waals surface area contributed by atoms with Crippen LogP contribution in [0.2, 0.25) is 0 Å². The number of benzene rings is 1. The molecule has 0 aliphatic rings. The molecule has 1 N–H and O–H groups in total. The second-order valence-corrected chi connectivity index (χ2v) is 4.63. The van der Waals surface area contributed by atoms with E-state index in [1.54, 1.807) is 52.3 Å². The number of methoxy groups -OCH3 is 2. The number of nitrogens with zero attached hydrogens (tertiary/aromatic N) is 1. The molecule has 2 rings (SSSR count). The number of rotatable bonds is 5. The van der Waals surface area contributed by atoms with Crippen molar-refractivity contribution in [2.75, 3.05) is 14.2 Å². The van der Waals surface area contributed by atoms with E-state index in [4.69, 9.17) is 13.9 Å². The first kappa shape index (κ1) is 15.6. The highest BCUT2D eigenvalue weighted by atomic mass is 16.5. The molecular weight excluding hydrogens is 284 g/mol. The van der Waals surface area contributed by atoms with Gasteiger partial charge in [0.05, 0.1) is 26.0 Å². The first-order chi connectivity index (χ1) is 10.5. The number of amides is 1. The van der Waals surface area contributed by atoms with E-state index >= 15 is 0 Å². The number of hydrogen-bond acceptors (Lipinski definition) is 5. The van der Waals surface area contributed by atoms with Gasteiger partial charge in [-0.2, -0.15) is 5.10 Å². The predicted octanol–water partition coefficient (Wildman–Crippen LogP) is 2.68. The van der Waals surface area contributed by atoms with E-state index in [2.05, 4.69) is 10.5 Å². The Kier molecular flexibility index (Phi) is 4.83. The predicted molar refractivity (Wildman–Crippen MR) is 82.8 cm³/mol. The van der Waals surface area contributed by atoms with Crippen molar-refractivity contribution < 1.29 is 18.7 Å². The number of ether oxygens (including phenoxy) is 2. The number of hydrogen-bond donors (Lipinski definition) is 1. The Morgan fingerprint density at radius 2 is 2.00 bits per heavy atom. The molecular formula is C16H18N2O4. The Hall–Kier alpha value is -2.76. The molecule has 0 aliphatic heterocycles. The fourth-order valence-corrected chi connectivity index (χ4v) is 2.00. The third-order valence-electron chi connectivity index (χ3n) is 3.10. The van der Waals surface area contributed by atoms with Crippen LogP contribution in [0.15, 0.2) is 33.8 Å². The van der Waals surface area contributed by atoms with Crippen molar-refractivity contribution in [2.45, 2.75) is 13.8 Å². The van der Waals surface area contributed by atoms with E-state index in [0.717, 1.165) is 5.56 Å². The first-order valence-corrected chi connectivity index (χ1v) is 6.67. The summed E-state index contributed by atoms with van der Waals surface area (Å²) >= 11 is 0. The Bertz CT molecular complexity index is 704. The van der Waals surface area contributed by atoms with Crippen molar-refractivity contribution >= 4 is 12.1 Å². The lowest BCUT2D eigenvalue weighted by molar-refractivity contribution is 0.0953. The zero-order chi connectivity index (χ0) is 16.1. The molecule has 2 aromatic rings. The van der Waals surface area contributed by atoms with Crippen molar-refractivity contribution in [3.63, 3.8) is 0 Å². The molecule has 1 aromatic heterocycles. The quantitative estimate of drug-likeness (QED) is 0.681. The van der Waals surface area contributed by atoms with Gasteiger partial charge in [-0.1, -0.05) is 0 Å². The smallest absolute Gasteiger partial charge is 0.274 e. The van der Waals surface area contributed by atoms with Gasteiger partial charge in [0.2, 0.25) is 0 Å². The molecule has 0 spiro atoms. The third-order valence-corrected chi connectivity index (χ3v) is 3.10.